The van der Waals surface area contributed by atoms with Gasteiger partial charge in [-0.3, -0.25) is 4.79 Å². The van der Waals surface area contributed by atoms with Crippen LogP contribution in [0.2, 0.25) is 0 Å². The number of hydrogen-bond donors (Lipinski definition) is 1. The second-order valence-electron chi connectivity index (χ2n) is 4.50. The zero-order valence-corrected chi connectivity index (χ0v) is 10.2. The maximum Gasteiger partial charge on any atom is 0.162 e. The van der Waals surface area contributed by atoms with Crippen LogP contribution in [0.3, 0.4) is 0 Å². The average molecular weight is 233 g/mol. The molecule has 0 aromatic heterocycles. The van der Waals surface area contributed by atoms with Gasteiger partial charge in [0.15, 0.2) is 5.78 Å². The van der Waals surface area contributed by atoms with Gasteiger partial charge in [-0.25, -0.2) is 0 Å². The Balaban J connectivity index is 2.15. The van der Waals surface area contributed by atoms with Gasteiger partial charge in [0.25, 0.3) is 0 Å². The summed E-state index contributed by atoms with van der Waals surface area (Å²) in [6.07, 6.45) is 2.72. The summed E-state index contributed by atoms with van der Waals surface area (Å²) in [7, 11) is 0. The molecule has 1 atom stereocenters. The van der Waals surface area contributed by atoms with E-state index in [2.05, 4.69) is 4.90 Å². The number of benzene rings is 1. The summed E-state index contributed by atoms with van der Waals surface area (Å²) < 4.78 is 0. The SMILES string of the molecule is CCC(=O)c1ccc(N2CCC[C@H]2CO)cc1. The molecule has 1 aliphatic rings. The van der Waals surface area contributed by atoms with Crippen molar-refractivity contribution in [2.24, 2.45) is 0 Å². The summed E-state index contributed by atoms with van der Waals surface area (Å²) in [5.74, 6) is 0.177. The number of carbonyl (C=O) groups is 1. The average Bonchev–Trinajstić information content (AvgIpc) is 2.86. The molecule has 1 aromatic carbocycles. The highest BCUT2D eigenvalue weighted by atomic mass is 16.3. The fourth-order valence-electron chi connectivity index (χ4n) is 2.41. The topological polar surface area (TPSA) is 40.5 Å². The Morgan fingerprint density at radius 3 is 2.71 bits per heavy atom. The second-order valence-corrected chi connectivity index (χ2v) is 4.50. The fourth-order valence-corrected chi connectivity index (χ4v) is 2.41. The first-order chi connectivity index (χ1) is 8.26. The Bertz CT molecular complexity index is 386. The number of nitrogens with zero attached hydrogens (tertiary/aromatic N) is 1. The smallest absolute Gasteiger partial charge is 0.162 e. The maximum absolute atomic E-state index is 11.5. The lowest BCUT2D eigenvalue weighted by Crippen LogP contribution is -2.31. The number of carbonyl (C=O) groups excluding carboxylic acids is 1. The molecule has 0 spiro atoms. The third-order valence-corrected chi connectivity index (χ3v) is 3.43. The number of Topliss-reactive ketones (excluding diaryl/α,β-unsaturated/α-hetero) is 1. The summed E-state index contributed by atoms with van der Waals surface area (Å²) in [6, 6.07) is 7.97. The quantitative estimate of drug-likeness (QED) is 0.811. The minimum absolute atomic E-state index is 0.177. The largest absolute Gasteiger partial charge is 0.394 e. The predicted octanol–water partition coefficient (Wildman–Crippen LogP) is 2.24. The van der Waals surface area contributed by atoms with Gasteiger partial charge in [-0.1, -0.05) is 6.92 Å². The van der Waals surface area contributed by atoms with Gasteiger partial charge in [0.05, 0.1) is 12.6 Å². The minimum Gasteiger partial charge on any atom is -0.394 e. The lowest BCUT2D eigenvalue weighted by atomic mass is 10.1. The molecule has 1 fully saturated rings. The number of rotatable bonds is 4. The Kier molecular flexibility index (Phi) is 3.79. The highest BCUT2D eigenvalue weighted by Gasteiger charge is 2.23. The highest BCUT2D eigenvalue weighted by molar-refractivity contribution is 5.96. The Morgan fingerprint density at radius 2 is 2.12 bits per heavy atom. The van der Waals surface area contributed by atoms with Crippen LogP contribution in [-0.4, -0.2) is 30.1 Å². The van der Waals surface area contributed by atoms with Crippen molar-refractivity contribution >= 4 is 11.5 Å². The van der Waals surface area contributed by atoms with Crippen LogP contribution >= 0.6 is 0 Å². The first-order valence-corrected chi connectivity index (χ1v) is 6.27. The molecule has 2 rings (SSSR count). The summed E-state index contributed by atoms with van der Waals surface area (Å²) in [6.45, 7) is 3.07. The number of ketones is 1. The molecule has 92 valence electrons. The van der Waals surface area contributed by atoms with Crippen molar-refractivity contribution in [2.75, 3.05) is 18.1 Å². The number of hydrogen-bond acceptors (Lipinski definition) is 3. The van der Waals surface area contributed by atoms with Gasteiger partial charge in [-0.15, -0.1) is 0 Å². The van der Waals surface area contributed by atoms with E-state index in [4.69, 9.17) is 0 Å². The van der Waals surface area contributed by atoms with Crippen LogP contribution in [-0.2, 0) is 0 Å². The third kappa shape index (κ3) is 2.50. The van der Waals surface area contributed by atoms with Crippen LogP contribution in [0, 0.1) is 0 Å². The Hall–Kier alpha value is -1.35. The minimum atomic E-state index is 0.177. The molecule has 0 aliphatic carbocycles. The van der Waals surface area contributed by atoms with E-state index in [0.29, 0.717) is 6.42 Å². The molecule has 1 saturated heterocycles. The number of aliphatic hydroxyl groups excluding tert-OH is 1. The van der Waals surface area contributed by atoms with Gasteiger partial charge in [-0.2, -0.15) is 0 Å². The van der Waals surface area contributed by atoms with Gasteiger partial charge in [-0.05, 0) is 37.1 Å². The molecule has 0 radical (unpaired) electrons. The van der Waals surface area contributed by atoms with E-state index < -0.39 is 0 Å². The molecular weight excluding hydrogens is 214 g/mol. The van der Waals surface area contributed by atoms with Gasteiger partial charge in [0.1, 0.15) is 0 Å². The summed E-state index contributed by atoms with van der Waals surface area (Å²) in [5.41, 5.74) is 1.88. The number of aliphatic hydroxyl groups is 1. The van der Waals surface area contributed by atoms with E-state index in [0.717, 1.165) is 30.6 Å². The zero-order chi connectivity index (χ0) is 12.3. The van der Waals surface area contributed by atoms with E-state index in [9.17, 15) is 9.90 Å². The molecule has 1 aliphatic heterocycles. The molecule has 3 heteroatoms. The van der Waals surface area contributed by atoms with Crippen molar-refractivity contribution in [3.8, 4) is 0 Å². The van der Waals surface area contributed by atoms with E-state index >= 15 is 0 Å². The van der Waals surface area contributed by atoms with Gasteiger partial charge in [0, 0.05) is 24.2 Å². The van der Waals surface area contributed by atoms with Crippen molar-refractivity contribution in [3.05, 3.63) is 29.8 Å². The number of anilines is 1. The molecule has 0 saturated carbocycles. The van der Waals surface area contributed by atoms with Crippen LogP contribution < -0.4 is 4.90 Å². The molecule has 0 unspecified atom stereocenters. The van der Waals surface area contributed by atoms with Crippen molar-refractivity contribution in [1.82, 2.24) is 0 Å². The Labute approximate surface area is 102 Å². The molecule has 3 nitrogen and oxygen atoms in total. The van der Waals surface area contributed by atoms with Crippen molar-refractivity contribution in [2.45, 2.75) is 32.2 Å². The molecule has 1 N–H and O–H groups in total. The third-order valence-electron chi connectivity index (χ3n) is 3.43. The lowest BCUT2D eigenvalue weighted by Gasteiger charge is -2.25. The zero-order valence-electron chi connectivity index (χ0n) is 10.2. The van der Waals surface area contributed by atoms with Gasteiger partial charge >= 0.3 is 0 Å². The van der Waals surface area contributed by atoms with E-state index in [1.54, 1.807) is 0 Å². The normalized spacial score (nSPS) is 19.6. The summed E-state index contributed by atoms with van der Waals surface area (Å²) >= 11 is 0. The second kappa shape index (κ2) is 5.32. The predicted molar refractivity (Wildman–Crippen MR) is 68.5 cm³/mol. The van der Waals surface area contributed by atoms with Crippen LogP contribution in [0.4, 0.5) is 5.69 Å². The first-order valence-electron chi connectivity index (χ1n) is 6.27. The maximum atomic E-state index is 11.5. The summed E-state index contributed by atoms with van der Waals surface area (Å²) in [4.78, 5) is 13.7. The van der Waals surface area contributed by atoms with E-state index in [-0.39, 0.29) is 18.4 Å². The molecule has 0 bridgehead atoms. The first kappa shape index (κ1) is 12.1. The molecule has 0 amide bonds. The van der Waals surface area contributed by atoms with Crippen molar-refractivity contribution in [1.29, 1.82) is 0 Å². The molecule has 1 heterocycles. The Morgan fingerprint density at radius 1 is 1.41 bits per heavy atom. The van der Waals surface area contributed by atoms with Crippen molar-refractivity contribution in [3.63, 3.8) is 0 Å². The molecule has 1 aromatic rings. The van der Waals surface area contributed by atoms with Gasteiger partial charge < -0.3 is 10.0 Å². The van der Waals surface area contributed by atoms with Crippen LogP contribution in [0.25, 0.3) is 0 Å². The molecule has 17 heavy (non-hydrogen) atoms. The fraction of sp³-hybridized carbons (Fsp3) is 0.500. The van der Waals surface area contributed by atoms with E-state index in [1.807, 2.05) is 31.2 Å². The van der Waals surface area contributed by atoms with E-state index in [1.165, 1.54) is 0 Å². The summed E-state index contributed by atoms with van der Waals surface area (Å²) in [5, 5.41) is 9.28. The van der Waals surface area contributed by atoms with Crippen molar-refractivity contribution < 1.29 is 9.90 Å². The molecular formula is C14H19NO2. The highest BCUT2D eigenvalue weighted by Crippen LogP contribution is 2.25. The van der Waals surface area contributed by atoms with Crippen LogP contribution in [0.1, 0.15) is 36.5 Å². The van der Waals surface area contributed by atoms with Crippen LogP contribution in [0.5, 0.6) is 0 Å². The monoisotopic (exact) mass is 233 g/mol. The lowest BCUT2D eigenvalue weighted by molar-refractivity contribution is 0.0988. The van der Waals surface area contributed by atoms with Crippen LogP contribution in [0.15, 0.2) is 24.3 Å². The van der Waals surface area contributed by atoms with Gasteiger partial charge in [0.2, 0.25) is 0 Å². The standard InChI is InChI=1S/C14H19NO2/c1-2-14(17)11-5-7-12(8-6-11)15-9-3-4-13(15)10-16/h5-8,13,16H,2-4,9-10H2,1H3/t13-/m0/s1.